The molecule has 11 heteroatoms. The summed E-state index contributed by atoms with van der Waals surface area (Å²) in [7, 11) is -3.79. The summed E-state index contributed by atoms with van der Waals surface area (Å²) >= 11 is 15.7. The molecule has 0 spiro atoms. The predicted molar refractivity (Wildman–Crippen MR) is 136 cm³/mol. The van der Waals surface area contributed by atoms with Crippen molar-refractivity contribution >= 4 is 66.7 Å². The van der Waals surface area contributed by atoms with Crippen LogP contribution in [0.1, 0.15) is 25.0 Å². The zero-order valence-corrected chi connectivity index (χ0v) is 22.6. The van der Waals surface area contributed by atoms with E-state index in [0.29, 0.717) is 27.8 Å². The number of carbonyl (C=O) groups is 2. The van der Waals surface area contributed by atoms with Gasteiger partial charge in [-0.25, -0.2) is 8.42 Å². The van der Waals surface area contributed by atoms with E-state index in [4.69, 9.17) is 23.2 Å². The molecule has 2 rings (SSSR count). The van der Waals surface area contributed by atoms with Crippen LogP contribution in [0.25, 0.3) is 0 Å². The van der Waals surface area contributed by atoms with Gasteiger partial charge in [0.1, 0.15) is 12.6 Å². The number of rotatable bonds is 9. The highest BCUT2D eigenvalue weighted by molar-refractivity contribution is 9.10. The van der Waals surface area contributed by atoms with E-state index in [1.807, 2.05) is 6.92 Å². The van der Waals surface area contributed by atoms with E-state index in [1.165, 1.54) is 4.90 Å². The number of nitrogens with zero attached hydrogens (tertiary/aromatic N) is 2. The molecule has 0 aliphatic carbocycles. The van der Waals surface area contributed by atoms with E-state index in [-0.39, 0.29) is 12.5 Å². The molecule has 180 valence electrons. The Morgan fingerprint density at radius 2 is 1.82 bits per heavy atom. The molecular formula is C22H26BrCl2N3O4S. The SMILES string of the molecule is CCNC(=O)[C@@H](C)N(Cc1ccc(Cl)cc1Cl)C(=O)CN(c1ccc(Br)c(C)c1)S(C)(=O)=O. The van der Waals surface area contributed by atoms with Gasteiger partial charge in [-0.2, -0.15) is 0 Å². The van der Waals surface area contributed by atoms with E-state index in [0.717, 1.165) is 20.6 Å². The number of hydrogen-bond donors (Lipinski definition) is 1. The van der Waals surface area contributed by atoms with Crippen molar-refractivity contribution < 1.29 is 18.0 Å². The number of benzene rings is 2. The number of sulfonamides is 1. The molecule has 1 atom stereocenters. The van der Waals surface area contributed by atoms with Gasteiger partial charge in [0.25, 0.3) is 0 Å². The minimum atomic E-state index is -3.79. The highest BCUT2D eigenvalue weighted by Crippen LogP contribution is 2.26. The van der Waals surface area contributed by atoms with Crippen molar-refractivity contribution in [1.82, 2.24) is 10.2 Å². The first kappa shape index (κ1) is 27.4. The van der Waals surface area contributed by atoms with Crippen molar-refractivity contribution in [2.24, 2.45) is 0 Å². The predicted octanol–water partition coefficient (Wildman–Crippen LogP) is 4.38. The molecule has 0 radical (unpaired) electrons. The molecular weight excluding hydrogens is 553 g/mol. The Morgan fingerprint density at radius 1 is 1.15 bits per heavy atom. The lowest BCUT2D eigenvalue weighted by atomic mass is 10.1. The lowest BCUT2D eigenvalue weighted by molar-refractivity contribution is -0.139. The maximum Gasteiger partial charge on any atom is 0.244 e. The van der Waals surface area contributed by atoms with Crippen molar-refractivity contribution in [2.75, 3.05) is 23.7 Å². The molecule has 0 fully saturated rings. The van der Waals surface area contributed by atoms with Gasteiger partial charge in [0.15, 0.2) is 0 Å². The fourth-order valence-electron chi connectivity index (χ4n) is 3.14. The molecule has 2 aromatic rings. The summed E-state index contributed by atoms with van der Waals surface area (Å²) < 4.78 is 27.0. The van der Waals surface area contributed by atoms with Crippen LogP contribution in [0, 0.1) is 6.92 Å². The second kappa shape index (κ2) is 11.6. The smallest absolute Gasteiger partial charge is 0.244 e. The minimum absolute atomic E-state index is 0.00407. The van der Waals surface area contributed by atoms with Crippen molar-refractivity contribution in [3.63, 3.8) is 0 Å². The van der Waals surface area contributed by atoms with Crippen molar-refractivity contribution in [3.05, 3.63) is 62.0 Å². The van der Waals surface area contributed by atoms with Crippen LogP contribution in [0.2, 0.25) is 10.0 Å². The Labute approximate surface area is 213 Å². The molecule has 0 saturated heterocycles. The Kier molecular flexibility index (Phi) is 9.60. The van der Waals surface area contributed by atoms with Gasteiger partial charge in [0, 0.05) is 27.6 Å². The van der Waals surface area contributed by atoms with Crippen LogP contribution in [0.3, 0.4) is 0 Å². The topological polar surface area (TPSA) is 86.8 Å². The molecule has 0 heterocycles. The molecule has 2 amide bonds. The highest BCUT2D eigenvalue weighted by Gasteiger charge is 2.30. The van der Waals surface area contributed by atoms with Gasteiger partial charge in [-0.15, -0.1) is 0 Å². The van der Waals surface area contributed by atoms with E-state index in [9.17, 15) is 18.0 Å². The van der Waals surface area contributed by atoms with Crippen LogP contribution in [0.15, 0.2) is 40.9 Å². The number of nitrogens with one attached hydrogen (secondary N) is 1. The molecule has 0 unspecified atom stereocenters. The summed E-state index contributed by atoms with van der Waals surface area (Å²) in [5, 5.41) is 3.47. The molecule has 0 aliphatic rings. The number of halogens is 3. The molecule has 2 aromatic carbocycles. The summed E-state index contributed by atoms with van der Waals surface area (Å²) in [4.78, 5) is 27.3. The van der Waals surface area contributed by atoms with Crippen LogP contribution in [-0.2, 0) is 26.2 Å². The van der Waals surface area contributed by atoms with E-state index < -0.39 is 28.5 Å². The third-order valence-electron chi connectivity index (χ3n) is 4.98. The summed E-state index contributed by atoms with van der Waals surface area (Å²) in [5.41, 5.74) is 1.74. The van der Waals surface area contributed by atoms with Crippen molar-refractivity contribution in [1.29, 1.82) is 0 Å². The summed E-state index contributed by atoms with van der Waals surface area (Å²) in [6.07, 6.45) is 1.03. The quantitative estimate of drug-likeness (QED) is 0.478. The van der Waals surface area contributed by atoms with Gasteiger partial charge in [-0.3, -0.25) is 13.9 Å². The number of likely N-dealkylation sites (N-methyl/N-ethyl adjacent to an activating group) is 1. The van der Waals surface area contributed by atoms with E-state index in [2.05, 4.69) is 21.2 Å². The van der Waals surface area contributed by atoms with Crippen LogP contribution in [0.4, 0.5) is 5.69 Å². The van der Waals surface area contributed by atoms with Gasteiger partial charge in [-0.05, 0) is 62.2 Å². The average Bonchev–Trinajstić information content (AvgIpc) is 2.72. The van der Waals surface area contributed by atoms with Gasteiger partial charge in [0.2, 0.25) is 21.8 Å². The fourth-order valence-corrected chi connectivity index (χ4v) is 4.69. The zero-order valence-electron chi connectivity index (χ0n) is 18.7. The lowest BCUT2D eigenvalue weighted by Gasteiger charge is -2.31. The van der Waals surface area contributed by atoms with Gasteiger partial charge in [-0.1, -0.05) is 45.2 Å². The second-order valence-corrected chi connectivity index (χ2v) is 11.1. The number of carbonyl (C=O) groups excluding carboxylic acids is 2. The van der Waals surface area contributed by atoms with Crippen LogP contribution >= 0.6 is 39.1 Å². The number of amides is 2. The van der Waals surface area contributed by atoms with Crippen molar-refractivity contribution in [2.45, 2.75) is 33.4 Å². The molecule has 33 heavy (non-hydrogen) atoms. The first-order valence-electron chi connectivity index (χ1n) is 10.1. The summed E-state index contributed by atoms with van der Waals surface area (Å²) in [5.74, 6) is -0.910. The fraction of sp³-hybridized carbons (Fsp3) is 0.364. The maximum atomic E-state index is 13.4. The first-order valence-corrected chi connectivity index (χ1v) is 13.5. The Bertz CT molecular complexity index is 1140. The molecule has 7 nitrogen and oxygen atoms in total. The summed E-state index contributed by atoms with van der Waals surface area (Å²) in [6, 6.07) is 8.99. The van der Waals surface area contributed by atoms with E-state index >= 15 is 0 Å². The Morgan fingerprint density at radius 3 is 2.36 bits per heavy atom. The molecule has 0 aliphatic heterocycles. The molecule has 1 N–H and O–H groups in total. The maximum absolute atomic E-state index is 13.4. The summed E-state index contributed by atoms with van der Waals surface area (Å²) in [6.45, 7) is 5.09. The normalized spacial score (nSPS) is 12.2. The zero-order chi connectivity index (χ0) is 24.9. The third kappa shape index (κ3) is 7.34. The lowest BCUT2D eigenvalue weighted by Crippen LogP contribution is -2.51. The van der Waals surface area contributed by atoms with Gasteiger partial charge >= 0.3 is 0 Å². The highest BCUT2D eigenvalue weighted by atomic mass is 79.9. The average molecular weight is 579 g/mol. The van der Waals surface area contributed by atoms with Crippen molar-refractivity contribution in [3.8, 4) is 0 Å². The van der Waals surface area contributed by atoms with Crippen LogP contribution in [0.5, 0.6) is 0 Å². The number of anilines is 1. The Balaban J connectivity index is 2.43. The van der Waals surface area contributed by atoms with E-state index in [1.54, 1.807) is 50.2 Å². The minimum Gasteiger partial charge on any atom is -0.355 e. The Hall–Kier alpha value is -1.81. The van der Waals surface area contributed by atoms with Crippen LogP contribution < -0.4 is 9.62 Å². The largest absolute Gasteiger partial charge is 0.355 e. The number of aryl methyl sites for hydroxylation is 1. The van der Waals surface area contributed by atoms with Crippen LogP contribution in [-0.4, -0.2) is 50.5 Å². The first-order chi connectivity index (χ1) is 15.3. The standard InChI is InChI=1S/C22H26BrCl2N3O4S/c1-5-26-22(30)15(3)27(12-16-6-7-17(24)11-20(16)25)21(29)13-28(33(4,31)32)18-8-9-19(23)14(2)10-18/h6-11,15H,5,12-13H2,1-4H3,(H,26,30)/t15-/m1/s1. The third-order valence-corrected chi connectivity index (χ3v) is 7.60. The number of hydrogen-bond acceptors (Lipinski definition) is 4. The monoisotopic (exact) mass is 577 g/mol. The molecule has 0 aromatic heterocycles. The van der Waals surface area contributed by atoms with Gasteiger partial charge in [0.05, 0.1) is 11.9 Å². The molecule has 0 bridgehead atoms. The molecule has 0 saturated carbocycles. The second-order valence-electron chi connectivity index (χ2n) is 7.53. The van der Waals surface area contributed by atoms with Gasteiger partial charge < -0.3 is 10.2 Å².